The van der Waals surface area contributed by atoms with E-state index in [4.69, 9.17) is 33.9 Å². The lowest BCUT2D eigenvalue weighted by molar-refractivity contribution is 0.607. The summed E-state index contributed by atoms with van der Waals surface area (Å²) in [5, 5.41) is 1.10. The van der Waals surface area contributed by atoms with Crippen LogP contribution >= 0.6 is 23.2 Å². The van der Waals surface area contributed by atoms with Crippen LogP contribution in [0.4, 0.5) is 11.4 Å². The third-order valence-corrected chi connectivity index (χ3v) is 7.52. The predicted molar refractivity (Wildman–Crippen MR) is 161 cm³/mol. The van der Waals surface area contributed by atoms with E-state index in [2.05, 4.69) is 21.8 Å². The van der Waals surface area contributed by atoms with E-state index in [1.165, 1.54) is 0 Å². The number of rotatable bonds is 8. The van der Waals surface area contributed by atoms with Crippen LogP contribution < -0.4 is 10.5 Å². The Balaban J connectivity index is 1.48. The molecule has 0 aliphatic heterocycles. The largest absolute Gasteiger partial charge is 0.399 e. The molecule has 5 rings (SSSR count). The van der Waals surface area contributed by atoms with Crippen molar-refractivity contribution in [3.05, 3.63) is 124 Å². The number of benzene rings is 4. The third kappa shape index (κ3) is 6.63. The van der Waals surface area contributed by atoms with Crippen LogP contribution in [0, 0.1) is 0 Å². The Morgan fingerprint density at radius 1 is 0.923 bits per heavy atom. The van der Waals surface area contributed by atoms with Crippen LogP contribution in [0.1, 0.15) is 22.9 Å². The second kappa shape index (κ2) is 11.1. The summed E-state index contributed by atoms with van der Waals surface area (Å²) in [6.07, 6.45) is 3.69. The highest BCUT2D eigenvalue weighted by atomic mass is 35.5. The van der Waals surface area contributed by atoms with Gasteiger partial charge in [0.2, 0.25) is 10.0 Å². The number of aromatic nitrogens is 2. The number of nitrogens with two attached hydrogens (primary N) is 1. The lowest BCUT2D eigenvalue weighted by Crippen LogP contribution is -2.09. The molecule has 4 N–H and O–H groups in total. The SMILES string of the molecule is CS(=O)(=O)Nc1cccc(-c2ccc(C(Cc3ccc(N)cc3)c3nc(-c4ccc(Cl)cc4Cl)c[nH]3)cc2)c1. The molecule has 1 atom stereocenters. The highest BCUT2D eigenvalue weighted by Gasteiger charge is 2.20. The van der Waals surface area contributed by atoms with Crippen LogP contribution in [0.5, 0.6) is 0 Å². The van der Waals surface area contributed by atoms with Crippen molar-refractivity contribution >= 4 is 44.6 Å². The van der Waals surface area contributed by atoms with Crippen LogP contribution in [0.2, 0.25) is 10.0 Å². The first-order chi connectivity index (χ1) is 18.6. The number of nitrogens with one attached hydrogen (secondary N) is 2. The number of anilines is 2. The quantitative estimate of drug-likeness (QED) is 0.168. The van der Waals surface area contributed by atoms with Gasteiger partial charge in [0.05, 0.1) is 17.0 Å². The monoisotopic (exact) mass is 576 g/mol. The van der Waals surface area contributed by atoms with Gasteiger partial charge in [-0.15, -0.1) is 0 Å². The standard InChI is InChI=1S/C30H26Cl2N4O2S/c1-39(37,38)36-25-4-2-3-22(16-25)20-7-9-21(10-8-20)27(15-19-5-12-24(33)13-6-19)30-34-18-29(35-30)26-14-11-23(31)17-28(26)32/h2-14,16-18,27,36H,15,33H2,1H3,(H,34,35). The zero-order valence-corrected chi connectivity index (χ0v) is 23.4. The molecule has 1 aromatic heterocycles. The molecule has 6 nitrogen and oxygen atoms in total. The van der Waals surface area contributed by atoms with Crippen LogP contribution in [0.15, 0.2) is 97.2 Å². The summed E-state index contributed by atoms with van der Waals surface area (Å²) < 4.78 is 25.8. The van der Waals surface area contributed by atoms with Crippen LogP contribution in [-0.2, 0) is 16.4 Å². The molecule has 4 aromatic carbocycles. The van der Waals surface area contributed by atoms with Crippen LogP contribution in [0.3, 0.4) is 0 Å². The summed E-state index contributed by atoms with van der Waals surface area (Å²) >= 11 is 12.5. The van der Waals surface area contributed by atoms with Crippen molar-refractivity contribution < 1.29 is 8.42 Å². The second-order valence-corrected chi connectivity index (χ2v) is 12.0. The fourth-order valence-corrected chi connectivity index (χ4v) is 5.56. The van der Waals surface area contributed by atoms with E-state index in [9.17, 15) is 8.42 Å². The third-order valence-electron chi connectivity index (χ3n) is 6.37. The molecule has 0 aliphatic carbocycles. The van der Waals surface area contributed by atoms with E-state index in [-0.39, 0.29) is 5.92 Å². The molecular weight excluding hydrogens is 551 g/mol. The molecule has 0 fully saturated rings. The van der Waals surface area contributed by atoms with Gasteiger partial charge < -0.3 is 10.7 Å². The molecule has 1 heterocycles. The number of H-pyrrole nitrogens is 1. The minimum absolute atomic E-state index is 0.0688. The fourth-order valence-electron chi connectivity index (χ4n) is 4.50. The Hall–Kier alpha value is -3.78. The van der Waals surface area contributed by atoms with Gasteiger partial charge in [0.15, 0.2) is 0 Å². The van der Waals surface area contributed by atoms with Gasteiger partial charge in [0.1, 0.15) is 5.82 Å². The summed E-state index contributed by atoms with van der Waals surface area (Å²) in [7, 11) is -3.36. The first kappa shape index (κ1) is 26.8. The molecule has 1 unspecified atom stereocenters. The van der Waals surface area contributed by atoms with Gasteiger partial charge in [-0.25, -0.2) is 13.4 Å². The Labute approximate surface area is 237 Å². The maximum absolute atomic E-state index is 11.7. The molecule has 0 saturated carbocycles. The first-order valence-corrected chi connectivity index (χ1v) is 14.8. The van der Waals surface area contributed by atoms with Crippen molar-refractivity contribution in [2.45, 2.75) is 12.3 Å². The van der Waals surface area contributed by atoms with E-state index >= 15 is 0 Å². The average molecular weight is 578 g/mol. The Bertz CT molecular complexity index is 1720. The summed E-state index contributed by atoms with van der Waals surface area (Å²) in [6, 6.07) is 28.7. The minimum atomic E-state index is -3.36. The predicted octanol–water partition coefficient (Wildman–Crippen LogP) is 7.38. The molecule has 0 aliphatic rings. The Morgan fingerprint density at radius 3 is 2.36 bits per heavy atom. The lowest BCUT2D eigenvalue weighted by Gasteiger charge is -2.17. The van der Waals surface area contributed by atoms with E-state index in [1.807, 2.05) is 66.9 Å². The molecule has 0 radical (unpaired) electrons. The molecule has 0 amide bonds. The maximum atomic E-state index is 11.7. The zero-order valence-electron chi connectivity index (χ0n) is 21.0. The molecule has 39 heavy (non-hydrogen) atoms. The number of nitrogens with zero attached hydrogens (tertiary/aromatic N) is 1. The number of hydrogen-bond donors (Lipinski definition) is 3. The van der Waals surface area contributed by atoms with Crippen molar-refractivity contribution in [1.82, 2.24) is 9.97 Å². The molecule has 0 spiro atoms. The normalized spacial score (nSPS) is 12.3. The fraction of sp³-hybridized carbons (Fsp3) is 0.100. The number of nitrogen functional groups attached to an aromatic ring is 1. The highest BCUT2D eigenvalue weighted by Crippen LogP contribution is 2.34. The minimum Gasteiger partial charge on any atom is -0.399 e. The number of imidazole rings is 1. The molecule has 0 saturated heterocycles. The summed E-state index contributed by atoms with van der Waals surface area (Å²) in [5.74, 6) is 0.737. The van der Waals surface area contributed by atoms with Gasteiger partial charge in [-0.1, -0.05) is 71.7 Å². The van der Waals surface area contributed by atoms with E-state index in [1.54, 1.807) is 18.2 Å². The van der Waals surface area contributed by atoms with E-state index in [0.29, 0.717) is 27.8 Å². The molecular formula is C30H26Cl2N4O2S. The van der Waals surface area contributed by atoms with E-state index < -0.39 is 10.0 Å². The van der Waals surface area contributed by atoms with Crippen molar-refractivity contribution in [1.29, 1.82) is 0 Å². The van der Waals surface area contributed by atoms with Crippen molar-refractivity contribution in [2.24, 2.45) is 0 Å². The van der Waals surface area contributed by atoms with Crippen LogP contribution in [-0.4, -0.2) is 24.6 Å². The smallest absolute Gasteiger partial charge is 0.229 e. The summed E-state index contributed by atoms with van der Waals surface area (Å²) in [4.78, 5) is 8.27. The maximum Gasteiger partial charge on any atom is 0.229 e. The lowest BCUT2D eigenvalue weighted by atomic mass is 9.90. The average Bonchev–Trinajstić information content (AvgIpc) is 3.37. The van der Waals surface area contributed by atoms with Gasteiger partial charge >= 0.3 is 0 Å². The number of sulfonamides is 1. The van der Waals surface area contributed by atoms with E-state index in [0.717, 1.165) is 45.6 Å². The van der Waals surface area contributed by atoms with Crippen molar-refractivity contribution in [3.8, 4) is 22.4 Å². The second-order valence-electron chi connectivity index (χ2n) is 9.37. The Kier molecular flexibility index (Phi) is 7.66. The van der Waals surface area contributed by atoms with Crippen LogP contribution in [0.25, 0.3) is 22.4 Å². The summed E-state index contributed by atoms with van der Waals surface area (Å²) in [6.45, 7) is 0. The van der Waals surface area contributed by atoms with Crippen molar-refractivity contribution in [3.63, 3.8) is 0 Å². The number of halogens is 2. The molecule has 198 valence electrons. The topological polar surface area (TPSA) is 101 Å². The molecule has 5 aromatic rings. The summed E-state index contributed by atoms with van der Waals surface area (Å²) in [5.41, 5.74) is 12.7. The van der Waals surface area contributed by atoms with Gasteiger partial charge in [-0.3, -0.25) is 4.72 Å². The Morgan fingerprint density at radius 2 is 1.67 bits per heavy atom. The van der Waals surface area contributed by atoms with Gasteiger partial charge in [0, 0.05) is 34.1 Å². The van der Waals surface area contributed by atoms with Crippen molar-refractivity contribution in [2.75, 3.05) is 16.7 Å². The zero-order chi connectivity index (χ0) is 27.6. The first-order valence-electron chi connectivity index (χ1n) is 12.2. The molecule has 9 heteroatoms. The van der Waals surface area contributed by atoms with Gasteiger partial charge in [-0.05, 0) is 71.1 Å². The number of aromatic amines is 1. The van der Waals surface area contributed by atoms with Gasteiger partial charge in [0.25, 0.3) is 0 Å². The molecule has 0 bridgehead atoms. The van der Waals surface area contributed by atoms with Gasteiger partial charge in [-0.2, -0.15) is 0 Å². The highest BCUT2D eigenvalue weighted by molar-refractivity contribution is 7.92. The number of hydrogen-bond acceptors (Lipinski definition) is 4.